The molecule has 1 aromatic rings. The van der Waals surface area contributed by atoms with Crippen LogP contribution in [0.1, 0.15) is 30.5 Å². The van der Waals surface area contributed by atoms with Crippen molar-refractivity contribution in [1.29, 1.82) is 0 Å². The quantitative estimate of drug-likeness (QED) is 0.783. The van der Waals surface area contributed by atoms with E-state index in [1.165, 1.54) is 16.8 Å². The van der Waals surface area contributed by atoms with Gasteiger partial charge in [-0.25, -0.2) is 4.98 Å². The third kappa shape index (κ3) is 3.19. The van der Waals surface area contributed by atoms with Crippen LogP contribution in [0.15, 0.2) is 18.0 Å². The maximum absolute atomic E-state index is 11.5. The van der Waals surface area contributed by atoms with E-state index in [4.69, 9.17) is 0 Å². The van der Waals surface area contributed by atoms with E-state index < -0.39 is 0 Å². The van der Waals surface area contributed by atoms with Crippen molar-refractivity contribution in [2.45, 2.75) is 32.6 Å². The Morgan fingerprint density at radius 2 is 2.33 bits per heavy atom. The molecule has 2 heterocycles. The van der Waals surface area contributed by atoms with Crippen molar-refractivity contribution in [2.75, 3.05) is 13.1 Å². The van der Waals surface area contributed by atoms with Crippen molar-refractivity contribution in [1.82, 2.24) is 9.88 Å². The molecule has 1 aromatic heterocycles. The predicted octanol–water partition coefficient (Wildman–Crippen LogP) is 2.67. The van der Waals surface area contributed by atoms with E-state index in [-0.39, 0.29) is 5.91 Å². The van der Waals surface area contributed by atoms with Crippen molar-refractivity contribution < 1.29 is 4.79 Å². The maximum Gasteiger partial charge on any atom is 0.245 e. The SMILES string of the molecule is C=CC(=O)N1CCC(Cc2nc(CC)cs2)CC1. The minimum Gasteiger partial charge on any atom is -0.339 e. The van der Waals surface area contributed by atoms with Crippen LogP contribution in [-0.2, 0) is 17.6 Å². The van der Waals surface area contributed by atoms with Crippen LogP contribution in [-0.4, -0.2) is 28.9 Å². The molecule has 1 saturated heterocycles. The first-order valence-electron chi connectivity index (χ1n) is 6.57. The standard InChI is InChI=1S/C14H20N2OS/c1-3-12-10-18-13(15-12)9-11-5-7-16(8-6-11)14(17)4-2/h4,10-11H,2-3,5-9H2,1H3. The van der Waals surface area contributed by atoms with Crippen molar-refractivity contribution in [2.24, 2.45) is 5.92 Å². The molecular weight excluding hydrogens is 244 g/mol. The molecule has 0 aromatic carbocycles. The average Bonchev–Trinajstić information content (AvgIpc) is 2.86. The minimum atomic E-state index is 0.0657. The Balaban J connectivity index is 1.83. The number of rotatable bonds is 4. The number of aryl methyl sites for hydroxylation is 1. The van der Waals surface area contributed by atoms with Gasteiger partial charge in [-0.3, -0.25) is 4.79 Å². The third-order valence-electron chi connectivity index (χ3n) is 3.53. The van der Waals surface area contributed by atoms with Gasteiger partial charge >= 0.3 is 0 Å². The summed E-state index contributed by atoms with van der Waals surface area (Å²) in [6.45, 7) is 7.40. The zero-order valence-corrected chi connectivity index (χ0v) is 11.7. The number of carbonyl (C=O) groups excluding carboxylic acids is 1. The molecule has 0 spiro atoms. The first-order chi connectivity index (χ1) is 8.72. The molecule has 18 heavy (non-hydrogen) atoms. The largest absolute Gasteiger partial charge is 0.339 e. The van der Waals surface area contributed by atoms with E-state index in [9.17, 15) is 4.79 Å². The van der Waals surface area contributed by atoms with E-state index in [0.29, 0.717) is 5.92 Å². The lowest BCUT2D eigenvalue weighted by molar-refractivity contribution is -0.127. The van der Waals surface area contributed by atoms with E-state index in [1.807, 2.05) is 4.90 Å². The van der Waals surface area contributed by atoms with Crippen LogP contribution in [0.25, 0.3) is 0 Å². The summed E-state index contributed by atoms with van der Waals surface area (Å²) in [4.78, 5) is 18.0. The highest BCUT2D eigenvalue weighted by molar-refractivity contribution is 7.09. The summed E-state index contributed by atoms with van der Waals surface area (Å²) >= 11 is 1.77. The van der Waals surface area contributed by atoms with Crippen molar-refractivity contribution in [3.8, 4) is 0 Å². The Hall–Kier alpha value is -1.16. The highest BCUT2D eigenvalue weighted by atomic mass is 32.1. The van der Waals surface area contributed by atoms with Crippen LogP contribution < -0.4 is 0 Å². The number of aromatic nitrogens is 1. The number of piperidine rings is 1. The molecule has 0 unspecified atom stereocenters. The molecular formula is C14H20N2OS. The molecule has 1 amide bonds. The fourth-order valence-corrected chi connectivity index (χ4v) is 3.33. The Kier molecular flexibility index (Phi) is 4.53. The first kappa shape index (κ1) is 13.3. The van der Waals surface area contributed by atoms with E-state index in [0.717, 1.165) is 38.8 Å². The van der Waals surface area contributed by atoms with Gasteiger partial charge in [0.25, 0.3) is 0 Å². The number of carbonyl (C=O) groups is 1. The summed E-state index contributed by atoms with van der Waals surface area (Å²) in [5, 5.41) is 3.41. The third-order valence-corrected chi connectivity index (χ3v) is 4.45. The molecule has 0 bridgehead atoms. The summed E-state index contributed by atoms with van der Waals surface area (Å²) in [5.41, 5.74) is 1.20. The summed E-state index contributed by atoms with van der Waals surface area (Å²) in [5.74, 6) is 0.741. The van der Waals surface area contributed by atoms with Crippen LogP contribution in [0, 0.1) is 5.92 Å². The van der Waals surface area contributed by atoms with Crippen molar-refractivity contribution >= 4 is 17.2 Å². The highest BCUT2D eigenvalue weighted by Gasteiger charge is 2.22. The number of nitrogens with zero attached hydrogens (tertiary/aromatic N) is 2. The lowest BCUT2D eigenvalue weighted by Gasteiger charge is -2.30. The van der Waals surface area contributed by atoms with Gasteiger partial charge < -0.3 is 4.90 Å². The second kappa shape index (κ2) is 6.14. The van der Waals surface area contributed by atoms with Crippen molar-refractivity contribution in [3.05, 3.63) is 28.7 Å². The summed E-state index contributed by atoms with van der Waals surface area (Å²) < 4.78 is 0. The number of likely N-dealkylation sites (tertiary alicyclic amines) is 1. The Bertz CT molecular complexity index is 419. The topological polar surface area (TPSA) is 33.2 Å². The fourth-order valence-electron chi connectivity index (χ4n) is 2.34. The van der Waals surface area contributed by atoms with Crippen molar-refractivity contribution in [3.63, 3.8) is 0 Å². The fraction of sp³-hybridized carbons (Fsp3) is 0.571. The molecule has 2 rings (SSSR count). The maximum atomic E-state index is 11.5. The average molecular weight is 264 g/mol. The Morgan fingerprint density at radius 1 is 1.61 bits per heavy atom. The number of hydrogen-bond donors (Lipinski definition) is 0. The lowest BCUT2D eigenvalue weighted by atomic mass is 9.94. The molecule has 1 aliphatic rings. The summed E-state index contributed by atoms with van der Waals surface area (Å²) in [6.07, 6.45) is 5.67. The van der Waals surface area contributed by atoms with Gasteiger partial charge in [0.05, 0.1) is 10.7 Å². The molecule has 3 nitrogen and oxygen atoms in total. The summed E-state index contributed by atoms with van der Waals surface area (Å²) in [6, 6.07) is 0. The zero-order chi connectivity index (χ0) is 13.0. The van der Waals surface area contributed by atoms with Gasteiger partial charge in [0, 0.05) is 24.9 Å². The van der Waals surface area contributed by atoms with Gasteiger partial charge in [-0.1, -0.05) is 13.5 Å². The number of hydrogen-bond acceptors (Lipinski definition) is 3. The van der Waals surface area contributed by atoms with Gasteiger partial charge in [-0.05, 0) is 31.3 Å². The number of amides is 1. The molecule has 0 radical (unpaired) electrons. The molecule has 0 atom stereocenters. The molecule has 0 N–H and O–H groups in total. The smallest absolute Gasteiger partial charge is 0.245 e. The van der Waals surface area contributed by atoms with Crippen LogP contribution in [0.5, 0.6) is 0 Å². The first-order valence-corrected chi connectivity index (χ1v) is 7.45. The normalized spacial score (nSPS) is 16.8. The van der Waals surface area contributed by atoms with Gasteiger partial charge in [-0.2, -0.15) is 0 Å². The highest BCUT2D eigenvalue weighted by Crippen LogP contribution is 2.23. The van der Waals surface area contributed by atoms with Crippen LogP contribution >= 0.6 is 11.3 Å². The van der Waals surface area contributed by atoms with Crippen LogP contribution in [0.3, 0.4) is 0 Å². The number of thiazole rings is 1. The lowest BCUT2D eigenvalue weighted by Crippen LogP contribution is -2.37. The van der Waals surface area contributed by atoms with Crippen LogP contribution in [0.2, 0.25) is 0 Å². The van der Waals surface area contributed by atoms with Gasteiger partial charge in [-0.15, -0.1) is 11.3 Å². The molecule has 1 aliphatic heterocycles. The Morgan fingerprint density at radius 3 is 2.89 bits per heavy atom. The molecule has 0 aliphatic carbocycles. The van der Waals surface area contributed by atoms with Crippen LogP contribution in [0.4, 0.5) is 0 Å². The predicted molar refractivity (Wildman–Crippen MR) is 74.7 cm³/mol. The van der Waals surface area contributed by atoms with Gasteiger partial charge in [0.1, 0.15) is 0 Å². The monoisotopic (exact) mass is 264 g/mol. The second-order valence-corrected chi connectivity index (χ2v) is 5.71. The minimum absolute atomic E-state index is 0.0657. The van der Waals surface area contributed by atoms with E-state index in [2.05, 4.69) is 23.9 Å². The summed E-state index contributed by atoms with van der Waals surface area (Å²) in [7, 11) is 0. The molecule has 0 saturated carbocycles. The second-order valence-electron chi connectivity index (χ2n) is 4.76. The molecule has 1 fully saturated rings. The van der Waals surface area contributed by atoms with Gasteiger partial charge in [0.2, 0.25) is 5.91 Å². The van der Waals surface area contributed by atoms with E-state index in [1.54, 1.807) is 11.3 Å². The van der Waals surface area contributed by atoms with Gasteiger partial charge in [0.15, 0.2) is 0 Å². The molecule has 98 valence electrons. The Labute approximate surface area is 113 Å². The van der Waals surface area contributed by atoms with E-state index >= 15 is 0 Å². The molecule has 4 heteroatoms. The zero-order valence-electron chi connectivity index (χ0n) is 10.9.